The van der Waals surface area contributed by atoms with Gasteiger partial charge in [-0.15, -0.1) is 15.3 Å². The van der Waals surface area contributed by atoms with Crippen molar-refractivity contribution in [3.05, 3.63) is 138 Å². The van der Waals surface area contributed by atoms with E-state index < -0.39 is 18.4 Å². The van der Waals surface area contributed by atoms with E-state index in [-0.39, 0.29) is 18.1 Å². The lowest BCUT2D eigenvalue weighted by molar-refractivity contribution is 0.172. The predicted octanol–water partition coefficient (Wildman–Crippen LogP) is 9.08. The third kappa shape index (κ3) is 7.09. The highest BCUT2D eigenvalue weighted by molar-refractivity contribution is 9.10. The van der Waals surface area contributed by atoms with Crippen LogP contribution in [0.15, 0.2) is 87.0 Å². The van der Waals surface area contributed by atoms with E-state index in [1.807, 2.05) is 79.2 Å². The topological polar surface area (TPSA) is 112 Å². The number of rotatable bonds is 3. The largest absolute Gasteiger partial charge is 0.385 e. The number of aromatic nitrogens is 9. The van der Waals surface area contributed by atoms with Crippen LogP contribution in [0.1, 0.15) is 107 Å². The van der Waals surface area contributed by atoms with Gasteiger partial charge in [0.25, 0.3) is 0 Å². The number of halogens is 5. The van der Waals surface area contributed by atoms with Crippen molar-refractivity contribution in [1.29, 1.82) is 0 Å². The zero-order valence-electron chi connectivity index (χ0n) is 27.9. The van der Waals surface area contributed by atoms with Gasteiger partial charge in [0.05, 0.1) is 18.1 Å². The van der Waals surface area contributed by atoms with E-state index in [2.05, 4.69) is 97.1 Å². The average molecular weight is 886 g/mol. The van der Waals surface area contributed by atoms with Crippen LogP contribution in [0.4, 0.5) is 8.78 Å². The second-order valence-electron chi connectivity index (χ2n) is 12.8. The van der Waals surface area contributed by atoms with E-state index in [0.29, 0.717) is 50.9 Å². The predicted molar refractivity (Wildman–Crippen MR) is 198 cm³/mol. The molecule has 0 aliphatic carbocycles. The third-order valence-corrected chi connectivity index (χ3v) is 10.6. The van der Waals surface area contributed by atoms with Crippen LogP contribution in [-0.4, -0.2) is 49.4 Å². The van der Waals surface area contributed by atoms with Crippen molar-refractivity contribution in [3.63, 3.8) is 0 Å². The van der Waals surface area contributed by atoms with Gasteiger partial charge in [-0.05, 0) is 102 Å². The molecule has 3 aliphatic heterocycles. The van der Waals surface area contributed by atoms with E-state index in [4.69, 9.17) is 0 Å². The first-order chi connectivity index (χ1) is 24.5. The van der Waals surface area contributed by atoms with E-state index >= 15 is 0 Å². The summed E-state index contributed by atoms with van der Waals surface area (Å²) < 4.78 is 34.3. The van der Waals surface area contributed by atoms with Crippen LogP contribution in [-0.2, 0) is 0 Å². The third-order valence-electron chi connectivity index (χ3n) is 9.59. The van der Waals surface area contributed by atoms with Crippen molar-refractivity contribution >= 4 is 47.8 Å². The molecule has 0 unspecified atom stereocenters. The molecular formula is C36H34Br3F2N9O. The number of alkyl halides is 2. The number of fused-ring (bicyclic) bond motifs is 3. The van der Waals surface area contributed by atoms with Crippen molar-refractivity contribution < 1.29 is 13.9 Å². The molecular weight excluding hydrogens is 852 g/mol. The maximum atomic E-state index is 13.9. The lowest BCUT2D eigenvalue weighted by Crippen LogP contribution is -2.08. The molecule has 264 valence electrons. The summed E-state index contributed by atoms with van der Waals surface area (Å²) in [6, 6.07) is 24.2. The molecule has 6 aromatic rings. The normalized spacial score (nSPS) is 22.8. The summed E-state index contributed by atoms with van der Waals surface area (Å²) in [7, 11) is 0. The lowest BCUT2D eigenvalue weighted by atomic mass is 9.99. The van der Waals surface area contributed by atoms with Crippen LogP contribution < -0.4 is 0 Å². The van der Waals surface area contributed by atoms with Crippen molar-refractivity contribution in [3.8, 4) is 0 Å². The van der Waals surface area contributed by atoms with Crippen molar-refractivity contribution in [2.24, 2.45) is 0 Å². The average Bonchev–Trinajstić information content (AvgIpc) is 3.94. The summed E-state index contributed by atoms with van der Waals surface area (Å²) in [5, 5.41) is 22.7. The van der Waals surface area contributed by atoms with Gasteiger partial charge in [0.1, 0.15) is 6.10 Å². The molecule has 0 saturated heterocycles. The number of benzene rings is 3. The summed E-state index contributed by atoms with van der Waals surface area (Å²) >= 11 is 9.64. The Morgan fingerprint density at radius 3 is 1.22 bits per heavy atom. The van der Waals surface area contributed by atoms with Gasteiger partial charge in [-0.3, -0.25) is 0 Å². The highest BCUT2D eigenvalue weighted by Crippen LogP contribution is 2.42. The first kappa shape index (κ1) is 35.7. The Morgan fingerprint density at radius 1 is 0.529 bits per heavy atom. The molecule has 0 fully saturated rings. The molecule has 3 aromatic heterocycles. The van der Waals surface area contributed by atoms with Gasteiger partial charge in [-0.1, -0.05) is 72.8 Å². The Bertz CT molecular complexity index is 1940. The number of aliphatic hydroxyl groups excluding tert-OH is 1. The number of hydrogen-bond acceptors (Lipinski definition) is 7. The summed E-state index contributed by atoms with van der Waals surface area (Å²) in [6.45, 7) is 6.14. The summed E-state index contributed by atoms with van der Waals surface area (Å²) in [6.07, 6.45) is -1.09. The van der Waals surface area contributed by atoms with Gasteiger partial charge < -0.3 is 5.11 Å². The fraction of sp³-hybridized carbons (Fsp3) is 0.333. The number of aryl methyl sites for hydroxylation is 3. The van der Waals surface area contributed by atoms with Gasteiger partial charge >= 0.3 is 0 Å². The Morgan fingerprint density at radius 2 is 0.843 bits per heavy atom. The molecule has 3 aromatic carbocycles. The minimum Gasteiger partial charge on any atom is -0.385 e. The van der Waals surface area contributed by atoms with Crippen LogP contribution in [0.2, 0.25) is 0 Å². The van der Waals surface area contributed by atoms with E-state index in [0.717, 1.165) is 22.3 Å². The van der Waals surface area contributed by atoms with E-state index in [1.165, 1.54) is 11.1 Å². The SMILES string of the molecule is Cc1ccccc1[C@@H]1C[C@@H](F)c2nc(Br)nn21.Cc1ccccc1[C@@H]1C[C@@H](O)c2nc(Br)nn21.Cc1ccccc1[C@@H]1C[C@H](F)c2nc(Br)nn21. The highest BCUT2D eigenvalue weighted by atomic mass is 79.9. The molecule has 15 heteroatoms. The van der Waals surface area contributed by atoms with Gasteiger partial charge in [0.2, 0.25) is 14.2 Å². The molecule has 6 heterocycles. The monoisotopic (exact) mass is 883 g/mol. The fourth-order valence-electron chi connectivity index (χ4n) is 7.14. The molecule has 6 atom stereocenters. The molecule has 51 heavy (non-hydrogen) atoms. The highest BCUT2D eigenvalue weighted by Gasteiger charge is 2.37. The van der Waals surface area contributed by atoms with Crippen molar-refractivity contribution in [1.82, 2.24) is 44.3 Å². The molecule has 3 aliphatic rings. The Hall–Kier alpha value is -3.66. The Kier molecular flexibility index (Phi) is 10.3. The molecule has 0 radical (unpaired) electrons. The van der Waals surface area contributed by atoms with Crippen LogP contribution in [0, 0.1) is 20.8 Å². The molecule has 0 saturated carbocycles. The summed E-state index contributed by atoms with van der Waals surface area (Å²) in [5.74, 6) is 1.49. The molecule has 0 amide bonds. The van der Waals surface area contributed by atoms with E-state index in [9.17, 15) is 13.9 Å². The first-order valence-corrected chi connectivity index (χ1v) is 18.9. The molecule has 10 nitrogen and oxygen atoms in total. The van der Waals surface area contributed by atoms with Crippen molar-refractivity contribution in [2.75, 3.05) is 0 Å². The number of nitrogens with zero attached hydrogens (tertiary/aromatic N) is 9. The standard InChI is InChI=1S/2C12H11BrFN3.C12H12BrN3O/c2*1-7-4-2-3-5-8(7)10-6-9(14)11-15-12(13)16-17(10)11;1-7-4-2-3-5-8(7)9-6-10(17)11-14-12(13)15-16(9)11/h2*2-5,9-10H,6H2,1H3;2-5,9-10,17H,6H2,1H3/t9-,10+;9-,10-;9-,10+/m100/s1. The lowest BCUT2D eigenvalue weighted by Gasteiger charge is -2.14. The zero-order chi connectivity index (χ0) is 36.0. The van der Waals surface area contributed by atoms with Gasteiger partial charge in [-0.2, -0.15) is 0 Å². The fourth-order valence-corrected chi connectivity index (χ4v) is 8.20. The first-order valence-electron chi connectivity index (χ1n) is 16.5. The van der Waals surface area contributed by atoms with Gasteiger partial charge in [0, 0.05) is 19.3 Å². The quantitative estimate of drug-likeness (QED) is 0.189. The zero-order valence-corrected chi connectivity index (χ0v) is 32.6. The second-order valence-corrected chi connectivity index (χ2v) is 15.0. The Labute approximate surface area is 318 Å². The summed E-state index contributed by atoms with van der Waals surface area (Å²) in [4.78, 5) is 12.3. The molecule has 0 bridgehead atoms. The van der Waals surface area contributed by atoms with Crippen LogP contribution in [0.25, 0.3) is 0 Å². The van der Waals surface area contributed by atoms with Gasteiger partial charge in [-0.25, -0.2) is 37.8 Å². The minimum atomic E-state index is -1.03. The number of aliphatic hydroxyl groups is 1. The summed E-state index contributed by atoms with van der Waals surface area (Å²) in [5.41, 5.74) is 6.96. The second kappa shape index (κ2) is 14.8. The molecule has 0 spiro atoms. The number of hydrogen-bond donors (Lipinski definition) is 1. The van der Waals surface area contributed by atoms with Crippen LogP contribution >= 0.6 is 47.8 Å². The van der Waals surface area contributed by atoms with Crippen molar-refractivity contribution in [2.45, 2.75) is 76.6 Å². The molecule has 9 rings (SSSR count). The van der Waals surface area contributed by atoms with Gasteiger partial charge in [0.15, 0.2) is 29.8 Å². The van der Waals surface area contributed by atoms with Crippen LogP contribution in [0.5, 0.6) is 0 Å². The maximum absolute atomic E-state index is 13.9. The Balaban J connectivity index is 0.000000119. The smallest absolute Gasteiger partial charge is 0.217 e. The minimum absolute atomic E-state index is 0.0417. The van der Waals surface area contributed by atoms with E-state index in [1.54, 1.807) is 9.36 Å². The molecule has 1 N–H and O–H groups in total. The van der Waals surface area contributed by atoms with Crippen LogP contribution in [0.3, 0.4) is 0 Å². The maximum Gasteiger partial charge on any atom is 0.217 e.